The van der Waals surface area contributed by atoms with Crippen molar-refractivity contribution in [3.8, 4) is 5.75 Å². The fraction of sp³-hybridized carbons (Fsp3) is 0.562. The lowest BCUT2D eigenvalue weighted by Crippen LogP contribution is -2.42. The van der Waals surface area contributed by atoms with Gasteiger partial charge in [-0.2, -0.15) is 0 Å². The standard InChI is InChI=1S/C16H24N2O2/c1-11(13-4-3-5-16(20)10-13)17-14-6-8-15(9-7-14)18-12(2)19/h3-5,10-11,14-15,17,20H,6-9H2,1-2H3,(H,18,19)/t11-,14?,15?/m1/s1. The molecule has 0 saturated heterocycles. The summed E-state index contributed by atoms with van der Waals surface area (Å²) < 4.78 is 0. The molecule has 0 heterocycles. The van der Waals surface area contributed by atoms with Crippen LogP contribution in [0.1, 0.15) is 51.1 Å². The average Bonchev–Trinajstić information content (AvgIpc) is 2.40. The number of carbonyl (C=O) groups excluding carboxylic acids is 1. The highest BCUT2D eigenvalue weighted by Gasteiger charge is 2.22. The van der Waals surface area contributed by atoms with Gasteiger partial charge in [-0.1, -0.05) is 12.1 Å². The minimum atomic E-state index is 0.0644. The van der Waals surface area contributed by atoms with Crippen LogP contribution in [-0.2, 0) is 4.79 Å². The molecule has 1 fully saturated rings. The normalized spacial score (nSPS) is 24.1. The smallest absolute Gasteiger partial charge is 0.217 e. The van der Waals surface area contributed by atoms with Crippen LogP contribution in [0.2, 0.25) is 0 Å². The van der Waals surface area contributed by atoms with E-state index in [0.29, 0.717) is 17.8 Å². The summed E-state index contributed by atoms with van der Waals surface area (Å²) in [5.74, 6) is 0.375. The SMILES string of the molecule is CC(=O)NC1CCC(N[C@H](C)c2cccc(O)c2)CC1. The van der Waals surface area contributed by atoms with E-state index in [9.17, 15) is 9.90 Å². The summed E-state index contributed by atoms with van der Waals surface area (Å²) in [6, 6.07) is 8.44. The van der Waals surface area contributed by atoms with Crippen LogP contribution < -0.4 is 10.6 Å². The van der Waals surface area contributed by atoms with Gasteiger partial charge in [-0.3, -0.25) is 4.79 Å². The first-order chi connectivity index (χ1) is 9.54. The van der Waals surface area contributed by atoms with Gasteiger partial charge in [0.2, 0.25) is 5.91 Å². The second-order valence-corrected chi connectivity index (χ2v) is 5.73. The highest BCUT2D eigenvalue weighted by Crippen LogP contribution is 2.23. The molecule has 4 nitrogen and oxygen atoms in total. The summed E-state index contributed by atoms with van der Waals surface area (Å²) in [5.41, 5.74) is 1.11. The van der Waals surface area contributed by atoms with Crippen LogP contribution in [0, 0.1) is 0 Å². The molecule has 1 aliphatic carbocycles. The Morgan fingerprint density at radius 3 is 2.50 bits per heavy atom. The molecule has 110 valence electrons. The third-order valence-corrected chi connectivity index (χ3v) is 3.99. The summed E-state index contributed by atoms with van der Waals surface area (Å²) in [6.45, 7) is 3.70. The monoisotopic (exact) mass is 276 g/mol. The zero-order valence-electron chi connectivity index (χ0n) is 12.2. The van der Waals surface area contributed by atoms with Crippen molar-refractivity contribution >= 4 is 5.91 Å². The van der Waals surface area contributed by atoms with Crippen molar-refractivity contribution in [3.05, 3.63) is 29.8 Å². The summed E-state index contributed by atoms with van der Waals surface area (Å²) in [7, 11) is 0. The highest BCUT2D eigenvalue weighted by atomic mass is 16.3. The Kier molecular flexibility index (Phi) is 5.01. The number of phenolic OH excluding ortho intramolecular Hbond substituents is 1. The van der Waals surface area contributed by atoms with Gasteiger partial charge in [0, 0.05) is 25.0 Å². The first kappa shape index (κ1) is 14.9. The summed E-state index contributed by atoms with van der Waals surface area (Å²) in [4.78, 5) is 11.0. The number of aromatic hydroxyl groups is 1. The quantitative estimate of drug-likeness (QED) is 0.792. The molecule has 2 rings (SSSR count). The molecular formula is C16H24N2O2. The number of hydrogen-bond acceptors (Lipinski definition) is 3. The topological polar surface area (TPSA) is 61.4 Å². The molecule has 4 heteroatoms. The molecule has 20 heavy (non-hydrogen) atoms. The summed E-state index contributed by atoms with van der Waals surface area (Å²) in [6.07, 6.45) is 4.22. The Morgan fingerprint density at radius 2 is 1.90 bits per heavy atom. The fourth-order valence-electron chi connectivity index (χ4n) is 2.94. The number of phenols is 1. The van der Waals surface area contributed by atoms with Gasteiger partial charge in [0.1, 0.15) is 5.75 Å². The Bertz CT molecular complexity index is 454. The van der Waals surface area contributed by atoms with Crippen molar-refractivity contribution in [3.63, 3.8) is 0 Å². The lowest BCUT2D eigenvalue weighted by atomic mass is 9.90. The Hall–Kier alpha value is -1.55. The maximum atomic E-state index is 11.0. The fourth-order valence-corrected chi connectivity index (χ4v) is 2.94. The molecular weight excluding hydrogens is 252 g/mol. The van der Waals surface area contributed by atoms with Crippen molar-refractivity contribution in [2.24, 2.45) is 0 Å². The van der Waals surface area contributed by atoms with Crippen molar-refractivity contribution < 1.29 is 9.90 Å². The van der Waals surface area contributed by atoms with Gasteiger partial charge < -0.3 is 15.7 Å². The summed E-state index contributed by atoms with van der Waals surface area (Å²) in [5, 5.41) is 16.1. The first-order valence-corrected chi connectivity index (χ1v) is 7.36. The second kappa shape index (κ2) is 6.75. The summed E-state index contributed by atoms with van der Waals surface area (Å²) >= 11 is 0. The van der Waals surface area contributed by atoms with Crippen molar-refractivity contribution in [1.29, 1.82) is 0 Å². The van der Waals surface area contributed by atoms with Crippen LogP contribution in [0.25, 0.3) is 0 Å². The lowest BCUT2D eigenvalue weighted by molar-refractivity contribution is -0.119. The third kappa shape index (κ3) is 4.23. The van der Waals surface area contributed by atoms with Gasteiger partial charge in [0.15, 0.2) is 0 Å². The van der Waals surface area contributed by atoms with Crippen LogP contribution in [-0.4, -0.2) is 23.1 Å². The number of carbonyl (C=O) groups is 1. The molecule has 0 unspecified atom stereocenters. The molecule has 3 N–H and O–H groups in total. The van der Waals surface area contributed by atoms with Crippen molar-refractivity contribution in [2.75, 3.05) is 0 Å². The van der Waals surface area contributed by atoms with Gasteiger partial charge in [-0.15, -0.1) is 0 Å². The van der Waals surface area contributed by atoms with E-state index < -0.39 is 0 Å². The van der Waals surface area contributed by atoms with Gasteiger partial charge >= 0.3 is 0 Å². The number of hydrogen-bond donors (Lipinski definition) is 3. The Morgan fingerprint density at radius 1 is 1.25 bits per heavy atom. The Balaban J connectivity index is 1.82. The molecule has 1 atom stereocenters. The maximum Gasteiger partial charge on any atom is 0.217 e. The number of rotatable bonds is 4. The predicted octanol–water partition coefficient (Wildman–Crippen LogP) is 2.49. The van der Waals surface area contributed by atoms with E-state index >= 15 is 0 Å². The molecule has 1 aromatic rings. The number of amides is 1. The molecule has 1 aromatic carbocycles. The molecule has 1 aliphatic rings. The van der Waals surface area contributed by atoms with E-state index in [4.69, 9.17) is 0 Å². The minimum Gasteiger partial charge on any atom is -0.508 e. The second-order valence-electron chi connectivity index (χ2n) is 5.73. The maximum absolute atomic E-state index is 11.0. The van der Waals surface area contributed by atoms with Crippen LogP contribution in [0.15, 0.2) is 24.3 Å². The van der Waals surface area contributed by atoms with Crippen molar-refractivity contribution in [1.82, 2.24) is 10.6 Å². The molecule has 1 amide bonds. The molecule has 0 aliphatic heterocycles. The predicted molar refractivity (Wildman–Crippen MR) is 79.5 cm³/mol. The van der Waals surface area contributed by atoms with Crippen LogP contribution in [0.3, 0.4) is 0 Å². The molecule has 0 aromatic heterocycles. The van der Waals surface area contributed by atoms with E-state index in [2.05, 4.69) is 17.6 Å². The molecule has 0 spiro atoms. The zero-order valence-corrected chi connectivity index (χ0v) is 12.2. The largest absolute Gasteiger partial charge is 0.508 e. The number of benzene rings is 1. The molecule has 0 bridgehead atoms. The van der Waals surface area contributed by atoms with Crippen molar-refractivity contribution in [2.45, 2.75) is 57.7 Å². The van der Waals surface area contributed by atoms with E-state index in [1.807, 2.05) is 12.1 Å². The van der Waals surface area contributed by atoms with Gasteiger partial charge in [-0.05, 0) is 50.3 Å². The highest BCUT2D eigenvalue weighted by molar-refractivity contribution is 5.73. The molecule has 1 saturated carbocycles. The molecule has 0 radical (unpaired) electrons. The zero-order chi connectivity index (χ0) is 14.5. The lowest BCUT2D eigenvalue weighted by Gasteiger charge is -2.31. The average molecular weight is 276 g/mol. The van der Waals surface area contributed by atoms with E-state index in [0.717, 1.165) is 31.2 Å². The van der Waals surface area contributed by atoms with Gasteiger partial charge in [-0.25, -0.2) is 0 Å². The minimum absolute atomic E-state index is 0.0644. The van der Waals surface area contributed by atoms with Crippen LogP contribution in [0.5, 0.6) is 5.75 Å². The number of nitrogens with one attached hydrogen (secondary N) is 2. The van der Waals surface area contributed by atoms with Crippen LogP contribution >= 0.6 is 0 Å². The third-order valence-electron chi connectivity index (χ3n) is 3.99. The first-order valence-electron chi connectivity index (χ1n) is 7.36. The van der Waals surface area contributed by atoms with Crippen LogP contribution in [0.4, 0.5) is 0 Å². The van der Waals surface area contributed by atoms with E-state index in [-0.39, 0.29) is 11.9 Å². The Labute approximate surface area is 120 Å². The van der Waals surface area contributed by atoms with Gasteiger partial charge in [0.25, 0.3) is 0 Å². The van der Waals surface area contributed by atoms with Gasteiger partial charge in [0.05, 0.1) is 0 Å². The van der Waals surface area contributed by atoms with E-state index in [1.165, 1.54) is 0 Å². The van der Waals surface area contributed by atoms with E-state index in [1.54, 1.807) is 19.1 Å².